The van der Waals surface area contributed by atoms with Crippen LogP contribution in [0, 0.1) is 5.82 Å². The molecule has 4 heteroatoms. The molecule has 1 aliphatic rings. The van der Waals surface area contributed by atoms with Gasteiger partial charge in [-0.3, -0.25) is 0 Å². The first-order valence-electron chi connectivity index (χ1n) is 4.38. The Bertz CT molecular complexity index is 303. The maximum atomic E-state index is 12.8. The quantitative estimate of drug-likeness (QED) is 0.695. The fraction of sp³-hybridized carbons (Fsp3) is 0.444. The van der Waals surface area contributed by atoms with Gasteiger partial charge in [-0.1, -0.05) is 0 Å². The van der Waals surface area contributed by atoms with Crippen LogP contribution < -0.4 is 10.6 Å². The number of anilines is 1. The third kappa shape index (κ3) is 1.78. The molecule has 1 atom stereocenters. The molecule has 0 radical (unpaired) electrons. The second kappa shape index (κ2) is 3.30. The predicted octanol–water partition coefficient (Wildman–Crippen LogP) is 0.758. The summed E-state index contributed by atoms with van der Waals surface area (Å²) in [5.41, 5.74) is 5.74. The SMILES string of the molecule is N[C@H]1CCN(c2cc(F)ccn2)C1. The van der Waals surface area contributed by atoms with Gasteiger partial charge in [0, 0.05) is 31.4 Å². The van der Waals surface area contributed by atoms with E-state index < -0.39 is 0 Å². The molecule has 2 N–H and O–H groups in total. The maximum Gasteiger partial charge on any atom is 0.131 e. The minimum atomic E-state index is -0.245. The van der Waals surface area contributed by atoms with Crippen molar-refractivity contribution in [3.63, 3.8) is 0 Å². The van der Waals surface area contributed by atoms with Gasteiger partial charge in [-0.2, -0.15) is 0 Å². The molecule has 0 amide bonds. The van der Waals surface area contributed by atoms with Crippen molar-refractivity contribution in [3.05, 3.63) is 24.1 Å². The Morgan fingerprint density at radius 3 is 3.08 bits per heavy atom. The third-order valence-corrected chi connectivity index (χ3v) is 2.26. The van der Waals surface area contributed by atoms with E-state index in [1.165, 1.54) is 18.3 Å². The number of pyridine rings is 1. The molecule has 0 aromatic carbocycles. The molecule has 0 bridgehead atoms. The second-order valence-corrected chi connectivity index (χ2v) is 3.33. The maximum absolute atomic E-state index is 12.8. The van der Waals surface area contributed by atoms with E-state index in [1.54, 1.807) is 0 Å². The lowest BCUT2D eigenvalue weighted by atomic mass is 10.3. The zero-order valence-corrected chi connectivity index (χ0v) is 7.28. The number of nitrogens with zero attached hydrogens (tertiary/aromatic N) is 2. The van der Waals surface area contributed by atoms with Crippen molar-refractivity contribution >= 4 is 5.82 Å². The highest BCUT2D eigenvalue weighted by molar-refractivity contribution is 5.39. The van der Waals surface area contributed by atoms with Gasteiger partial charge in [0.15, 0.2) is 0 Å². The van der Waals surface area contributed by atoms with Crippen LogP contribution in [0.1, 0.15) is 6.42 Å². The topological polar surface area (TPSA) is 42.1 Å². The molecule has 0 saturated carbocycles. The Kier molecular flexibility index (Phi) is 2.14. The molecule has 1 fully saturated rings. The molecule has 0 aliphatic carbocycles. The normalized spacial score (nSPS) is 22.3. The van der Waals surface area contributed by atoms with Gasteiger partial charge in [-0.15, -0.1) is 0 Å². The Balaban J connectivity index is 2.16. The molecular formula is C9H12FN3. The zero-order valence-electron chi connectivity index (χ0n) is 7.28. The summed E-state index contributed by atoms with van der Waals surface area (Å²) in [5, 5.41) is 0. The molecule has 1 saturated heterocycles. The van der Waals surface area contributed by atoms with Gasteiger partial charge in [0.05, 0.1) is 0 Å². The van der Waals surface area contributed by atoms with Crippen LogP contribution in [0.4, 0.5) is 10.2 Å². The standard InChI is InChI=1S/C9H12FN3/c10-7-1-3-12-9(5-7)13-4-2-8(11)6-13/h1,3,5,8H,2,4,6,11H2/t8-/m0/s1. The van der Waals surface area contributed by atoms with Crippen molar-refractivity contribution in [1.29, 1.82) is 0 Å². The van der Waals surface area contributed by atoms with Crippen LogP contribution in [-0.4, -0.2) is 24.1 Å². The van der Waals surface area contributed by atoms with Gasteiger partial charge in [0.25, 0.3) is 0 Å². The molecule has 70 valence electrons. The van der Waals surface area contributed by atoms with Crippen LogP contribution in [-0.2, 0) is 0 Å². The minimum Gasteiger partial charge on any atom is -0.355 e. The smallest absolute Gasteiger partial charge is 0.131 e. The molecule has 1 aliphatic heterocycles. The first kappa shape index (κ1) is 8.44. The fourth-order valence-electron chi connectivity index (χ4n) is 1.56. The van der Waals surface area contributed by atoms with Crippen molar-refractivity contribution in [2.24, 2.45) is 5.73 Å². The summed E-state index contributed by atoms with van der Waals surface area (Å²) in [4.78, 5) is 6.09. The highest BCUT2D eigenvalue weighted by Gasteiger charge is 2.20. The van der Waals surface area contributed by atoms with E-state index in [0.29, 0.717) is 5.82 Å². The predicted molar refractivity (Wildman–Crippen MR) is 49.0 cm³/mol. The minimum absolute atomic E-state index is 0.199. The van der Waals surface area contributed by atoms with Crippen molar-refractivity contribution in [2.75, 3.05) is 18.0 Å². The first-order chi connectivity index (χ1) is 6.25. The summed E-state index contributed by atoms with van der Waals surface area (Å²) in [6.07, 6.45) is 2.44. The van der Waals surface area contributed by atoms with E-state index in [-0.39, 0.29) is 11.9 Å². The molecule has 1 aromatic heterocycles. The summed E-state index contributed by atoms with van der Waals surface area (Å²) < 4.78 is 12.8. The lowest BCUT2D eigenvalue weighted by molar-refractivity contribution is 0.624. The molecule has 3 nitrogen and oxygen atoms in total. The van der Waals surface area contributed by atoms with Crippen LogP contribution in [0.2, 0.25) is 0 Å². The Labute approximate surface area is 76.4 Å². The van der Waals surface area contributed by atoms with E-state index in [0.717, 1.165) is 19.5 Å². The molecular weight excluding hydrogens is 169 g/mol. The number of nitrogens with two attached hydrogens (primary N) is 1. The average molecular weight is 181 g/mol. The molecule has 0 unspecified atom stereocenters. The van der Waals surface area contributed by atoms with E-state index >= 15 is 0 Å². The Morgan fingerprint density at radius 2 is 2.46 bits per heavy atom. The lowest BCUT2D eigenvalue weighted by Gasteiger charge is -2.16. The first-order valence-corrected chi connectivity index (χ1v) is 4.38. The number of hydrogen-bond acceptors (Lipinski definition) is 3. The summed E-state index contributed by atoms with van der Waals surface area (Å²) in [6.45, 7) is 1.65. The average Bonchev–Trinajstić information content (AvgIpc) is 2.52. The molecule has 0 spiro atoms. The van der Waals surface area contributed by atoms with Crippen LogP contribution in [0.25, 0.3) is 0 Å². The van der Waals surface area contributed by atoms with E-state index in [2.05, 4.69) is 4.98 Å². The Hall–Kier alpha value is -1.16. The highest BCUT2D eigenvalue weighted by atomic mass is 19.1. The summed E-state index contributed by atoms with van der Waals surface area (Å²) in [6, 6.07) is 2.99. The third-order valence-electron chi connectivity index (χ3n) is 2.26. The highest BCUT2D eigenvalue weighted by Crippen LogP contribution is 2.17. The van der Waals surface area contributed by atoms with Gasteiger partial charge in [-0.05, 0) is 12.5 Å². The number of aromatic nitrogens is 1. The number of hydrogen-bond donors (Lipinski definition) is 1. The van der Waals surface area contributed by atoms with E-state index in [1.807, 2.05) is 4.90 Å². The number of halogens is 1. The summed E-state index contributed by atoms with van der Waals surface area (Å²) in [5.74, 6) is 0.443. The second-order valence-electron chi connectivity index (χ2n) is 3.33. The van der Waals surface area contributed by atoms with Gasteiger partial charge in [0.2, 0.25) is 0 Å². The van der Waals surface area contributed by atoms with E-state index in [9.17, 15) is 4.39 Å². The molecule has 2 heterocycles. The van der Waals surface area contributed by atoms with Crippen molar-refractivity contribution in [1.82, 2.24) is 4.98 Å². The molecule has 13 heavy (non-hydrogen) atoms. The summed E-state index contributed by atoms with van der Waals surface area (Å²) >= 11 is 0. The van der Waals surface area contributed by atoms with Gasteiger partial charge >= 0.3 is 0 Å². The zero-order chi connectivity index (χ0) is 9.26. The van der Waals surface area contributed by atoms with Crippen LogP contribution in [0.15, 0.2) is 18.3 Å². The van der Waals surface area contributed by atoms with E-state index in [4.69, 9.17) is 5.73 Å². The van der Waals surface area contributed by atoms with Crippen molar-refractivity contribution in [3.8, 4) is 0 Å². The van der Waals surface area contributed by atoms with Crippen molar-refractivity contribution < 1.29 is 4.39 Å². The number of rotatable bonds is 1. The molecule has 2 rings (SSSR count). The van der Waals surface area contributed by atoms with Crippen LogP contribution in [0.3, 0.4) is 0 Å². The fourth-order valence-corrected chi connectivity index (χ4v) is 1.56. The largest absolute Gasteiger partial charge is 0.355 e. The van der Waals surface area contributed by atoms with Crippen molar-refractivity contribution in [2.45, 2.75) is 12.5 Å². The monoisotopic (exact) mass is 181 g/mol. The van der Waals surface area contributed by atoms with Gasteiger partial charge in [-0.25, -0.2) is 9.37 Å². The lowest BCUT2D eigenvalue weighted by Crippen LogP contribution is -2.26. The summed E-state index contributed by atoms with van der Waals surface area (Å²) in [7, 11) is 0. The Morgan fingerprint density at radius 1 is 1.62 bits per heavy atom. The van der Waals surface area contributed by atoms with Crippen LogP contribution >= 0.6 is 0 Å². The van der Waals surface area contributed by atoms with Gasteiger partial charge < -0.3 is 10.6 Å². The van der Waals surface area contributed by atoms with Crippen LogP contribution in [0.5, 0.6) is 0 Å². The van der Waals surface area contributed by atoms with Gasteiger partial charge in [0.1, 0.15) is 11.6 Å². The molecule has 1 aromatic rings.